The third kappa shape index (κ3) is 4.88. The van der Waals surface area contributed by atoms with E-state index in [0.29, 0.717) is 6.04 Å². The summed E-state index contributed by atoms with van der Waals surface area (Å²) in [6.07, 6.45) is 8.29. The number of hydrogen-bond acceptors (Lipinski definition) is 2. The normalized spacial score (nSPS) is 11.0. The summed E-state index contributed by atoms with van der Waals surface area (Å²) in [7, 11) is 0. The van der Waals surface area contributed by atoms with Crippen LogP contribution < -0.4 is 4.74 Å². The maximum Gasteiger partial charge on any atom is 0.157 e. The molecular weight excluding hydrogens is 224 g/mol. The van der Waals surface area contributed by atoms with Gasteiger partial charge in [0, 0.05) is 11.9 Å². The molecule has 0 radical (unpaired) electrons. The molecule has 0 saturated carbocycles. The summed E-state index contributed by atoms with van der Waals surface area (Å²) < 4.78 is 7.51. The van der Waals surface area contributed by atoms with Gasteiger partial charge in [-0.2, -0.15) is 5.10 Å². The Morgan fingerprint density at radius 2 is 2.06 bits per heavy atom. The van der Waals surface area contributed by atoms with E-state index in [2.05, 4.69) is 18.9 Å². The monoisotopic (exact) mass is 244 g/mol. The fourth-order valence-electron chi connectivity index (χ4n) is 1.42. The molecule has 0 amide bonds. The Kier molecular flexibility index (Phi) is 6.31. The summed E-state index contributed by atoms with van der Waals surface area (Å²) in [6.45, 7) is 4.97. The van der Waals surface area contributed by atoms with Crippen LogP contribution in [-0.4, -0.2) is 22.3 Å². The number of alkyl halides is 1. The first kappa shape index (κ1) is 13.4. The second-order valence-corrected chi connectivity index (χ2v) is 4.58. The van der Waals surface area contributed by atoms with Gasteiger partial charge in [-0.3, -0.25) is 4.68 Å². The second-order valence-electron chi connectivity index (χ2n) is 4.20. The topological polar surface area (TPSA) is 27.1 Å². The fraction of sp³-hybridized carbons (Fsp3) is 0.750. The lowest BCUT2D eigenvalue weighted by atomic mass is 10.2. The Labute approximate surface area is 103 Å². The average Bonchev–Trinajstić information content (AvgIpc) is 2.72. The summed E-state index contributed by atoms with van der Waals surface area (Å²) in [5.74, 6) is 1.63. The molecular formula is C12H21ClN2O. The van der Waals surface area contributed by atoms with Crippen molar-refractivity contribution in [2.45, 2.75) is 45.6 Å². The Morgan fingerprint density at radius 3 is 2.69 bits per heavy atom. The minimum atomic E-state index is 0.390. The van der Waals surface area contributed by atoms with Crippen LogP contribution in [0, 0.1) is 0 Å². The number of rotatable bonds is 8. The molecule has 0 unspecified atom stereocenters. The highest BCUT2D eigenvalue weighted by Gasteiger charge is 2.01. The van der Waals surface area contributed by atoms with Crippen LogP contribution in [0.4, 0.5) is 0 Å². The minimum Gasteiger partial charge on any atom is -0.490 e. The molecule has 1 rings (SSSR count). The summed E-state index contributed by atoms with van der Waals surface area (Å²) in [5, 5.41) is 4.22. The Balaban J connectivity index is 2.12. The molecule has 3 nitrogen and oxygen atoms in total. The van der Waals surface area contributed by atoms with Crippen LogP contribution in [0.3, 0.4) is 0 Å². The largest absolute Gasteiger partial charge is 0.490 e. The van der Waals surface area contributed by atoms with E-state index in [1.54, 1.807) is 6.20 Å². The summed E-state index contributed by atoms with van der Waals surface area (Å²) in [6, 6.07) is 0.390. The van der Waals surface area contributed by atoms with Crippen LogP contribution in [0.1, 0.15) is 45.6 Å². The predicted molar refractivity (Wildman–Crippen MR) is 67.3 cm³/mol. The third-order valence-corrected chi connectivity index (χ3v) is 2.67. The first-order chi connectivity index (χ1) is 7.74. The van der Waals surface area contributed by atoms with Gasteiger partial charge in [0.2, 0.25) is 0 Å². The number of halogens is 1. The van der Waals surface area contributed by atoms with Gasteiger partial charge < -0.3 is 4.74 Å². The molecule has 4 heteroatoms. The van der Waals surface area contributed by atoms with E-state index in [4.69, 9.17) is 16.3 Å². The van der Waals surface area contributed by atoms with Crippen molar-refractivity contribution < 1.29 is 4.74 Å². The van der Waals surface area contributed by atoms with Crippen LogP contribution in [-0.2, 0) is 0 Å². The third-order valence-electron chi connectivity index (χ3n) is 2.40. The van der Waals surface area contributed by atoms with Crippen molar-refractivity contribution in [1.82, 2.24) is 9.78 Å². The van der Waals surface area contributed by atoms with Crippen molar-refractivity contribution in [2.75, 3.05) is 12.5 Å². The van der Waals surface area contributed by atoms with Gasteiger partial charge in [-0.25, -0.2) is 0 Å². The fourth-order valence-corrected chi connectivity index (χ4v) is 1.61. The summed E-state index contributed by atoms with van der Waals surface area (Å²) >= 11 is 5.60. The van der Waals surface area contributed by atoms with Gasteiger partial charge in [0.05, 0.1) is 19.0 Å². The van der Waals surface area contributed by atoms with Crippen LogP contribution in [0.5, 0.6) is 5.75 Å². The lowest BCUT2D eigenvalue weighted by Gasteiger charge is -2.04. The van der Waals surface area contributed by atoms with Gasteiger partial charge in [0.1, 0.15) is 0 Å². The molecule has 92 valence electrons. The SMILES string of the molecule is CC(C)n1cc(OCCCCCCCl)cn1. The molecule has 1 aromatic rings. The highest BCUT2D eigenvalue weighted by atomic mass is 35.5. The van der Waals surface area contributed by atoms with Gasteiger partial charge in [0.15, 0.2) is 5.75 Å². The van der Waals surface area contributed by atoms with Crippen molar-refractivity contribution >= 4 is 11.6 Å². The molecule has 0 atom stereocenters. The van der Waals surface area contributed by atoms with Crippen molar-refractivity contribution in [3.05, 3.63) is 12.4 Å². The van der Waals surface area contributed by atoms with Crippen molar-refractivity contribution in [3.8, 4) is 5.75 Å². The molecule has 0 N–H and O–H groups in total. The van der Waals surface area contributed by atoms with E-state index in [9.17, 15) is 0 Å². The molecule has 1 heterocycles. The van der Waals surface area contributed by atoms with E-state index in [1.165, 1.54) is 12.8 Å². The zero-order valence-corrected chi connectivity index (χ0v) is 10.9. The van der Waals surface area contributed by atoms with Crippen LogP contribution in [0.25, 0.3) is 0 Å². The van der Waals surface area contributed by atoms with Gasteiger partial charge in [0.25, 0.3) is 0 Å². The van der Waals surface area contributed by atoms with Crippen molar-refractivity contribution in [1.29, 1.82) is 0 Å². The van der Waals surface area contributed by atoms with Gasteiger partial charge in [-0.05, 0) is 26.7 Å². The van der Waals surface area contributed by atoms with Gasteiger partial charge in [-0.15, -0.1) is 11.6 Å². The van der Waals surface area contributed by atoms with Crippen LogP contribution in [0.2, 0.25) is 0 Å². The molecule has 0 aliphatic rings. The predicted octanol–water partition coefficient (Wildman–Crippen LogP) is 3.64. The number of nitrogens with zero attached hydrogens (tertiary/aromatic N) is 2. The molecule has 0 bridgehead atoms. The van der Waals surface area contributed by atoms with Gasteiger partial charge in [-0.1, -0.05) is 12.8 Å². The van der Waals surface area contributed by atoms with E-state index >= 15 is 0 Å². The maximum absolute atomic E-state index is 5.60. The minimum absolute atomic E-state index is 0.390. The summed E-state index contributed by atoms with van der Waals surface area (Å²) in [4.78, 5) is 0. The van der Waals surface area contributed by atoms with Crippen molar-refractivity contribution in [3.63, 3.8) is 0 Å². The molecule has 0 aliphatic carbocycles. The average molecular weight is 245 g/mol. The molecule has 0 spiro atoms. The molecule has 1 aromatic heterocycles. The number of hydrogen-bond donors (Lipinski definition) is 0. The Morgan fingerprint density at radius 1 is 1.31 bits per heavy atom. The standard InChI is InChI=1S/C12H21ClN2O/c1-11(2)15-10-12(9-14-15)16-8-6-4-3-5-7-13/h9-11H,3-8H2,1-2H3. The smallest absolute Gasteiger partial charge is 0.157 e. The number of aromatic nitrogens is 2. The van der Waals surface area contributed by atoms with Crippen molar-refractivity contribution in [2.24, 2.45) is 0 Å². The zero-order valence-electron chi connectivity index (χ0n) is 10.2. The van der Waals surface area contributed by atoms with Crippen LogP contribution in [0.15, 0.2) is 12.4 Å². The Hall–Kier alpha value is -0.700. The maximum atomic E-state index is 5.60. The highest BCUT2D eigenvalue weighted by molar-refractivity contribution is 6.17. The molecule has 0 aliphatic heterocycles. The lowest BCUT2D eigenvalue weighted by Crippen LogP contribution is -2.00. The lowest BCUT2D eigenvalue weighted by molar-refractivity contribution is 0.304. The van der Waals surface area contributed by atoms with Gasteiger partial charge >= 0.3 is 0 Å². The molecule has 0 aromatic carbocycles. The first-order valence-electron chi connectivity index (χ1n) is 5.97. The zero-order chi connectivity index (χ0) is 11.8. The van der Waals surface area contributed by atoms with E-state index < -0.39 is 0 Å². The van der Waals surface area contributed by atoms with E-state index in [0.717, 1.165) is 31.1 Å². The van der Waals surface area contributed by atoms with Crippen LogP contribution >= 0.6 is 11.6 Å². The Bertz CT molecular complexity index is 286. The second kappa shape index (κ2) is 7.55. The molecule has 16 heavy (non-hydrogen) atoms. The van der Waals surface area contributed by atoms with E-state index in [1.807, 2.05) is 10.9 Å². The number of ether oxygens (including phenoxy) is 1. The number of unbranched alkanes of at least 4 members (excludes halogenated alkanes) is 3. The highest BCUT2D eigenvalue weighted by Crippen LogP contribution is 2.13. The first-order valence-corrected chi connectivity index (χ1v) is 6.50. The quantitative estimate of drug-likeness (QED) is 0.516. The molecule has 0 fully saturated rings. The molecule has 0 saturated heterocycles. The van der Waals surface area contributed by atoms with E-state index in [-0.39, 0.29) is 0 Å². The summed E-state index contributed by atoms with van der Waals surface area (Å²) in [5.41, 5.74) is 0.